The highest BCUT2D eigenvalue weighted by atomic mass is 32.1. The average Bonchev–Trinajstić information content (AvgIpc) is 2.86. The van der Waals surface area contributed by atoms with Crippen molar-refractivity contribution in [2.24, 2.45) is 0 Å². The van der Waals surface area contributed by atoms with Crippen LogP contribution in [-0.4, -0.2) is 75.0 Å². The van der Waals surface area contributed by atoms with E-state index >= 15 is 0 Å². The molecular formula is C25H35N3O9S. The number of carboxylic acids is 2. The lowest BCUT2D eigenvalue weighted by molar-refractivity contribution is -0.142. The quantitative estimate of drug-likeness (QED) is 0.173. The third-order valence-corrected chi connectivity index (χ3v) is 6.95. The van der Waals surface area contributed by atoms with E-state index in [1.165, 1.54) is 0 Å². The monoisotopic (exact) mass is 553 g/mol. The van der Waals surface area contributed by atoms with Crippen molar-refractivity contribution in [3.05, 3.63) is 22.8 Å². The molecule has 0 aliphatic carbocycles. The Morgan fingerprint density at radius 3 is 2.29 bits per heavy atom. The van der Waals surface area contributed by atoms with Crippen LogP contribution in [-0.2, 0) is 30.4 Å². The lowest BCUT2D eigenvalue weighted by Gasteiger charge is -2.37. The molecular weight excluding hydrogens is 518 g/mol. The van der Waals surface area contributed by atoms with Crippen LogP contribution in [0.3, 0.4) is 0 Å². The third-order valence-electron chi connectivity index (χ3n) is 6.58. The van der Waals surface area contributed by atoms with E-state index in [2.05, 4.69) is 28.6 Å². The number of aryl methyl sites for hydroxylation is 1. The predicted molar refractivity (Wildman–Crippen MR) is 139 cm³/mol. The van der Waals surface area contributed by atoms with Crippen molar-refractivity contribution < 1.29 is 44.0 Å². The molecule has 0 saturated heterocycles. The summed E-state index contributed by atoms with van der Waals surface area (Å²) in [6, 6.07) is -0.726. The molecule has 1 aromatic rings. The van der Waals surface area contributed by atoms with Crippen LogP contribution in [0.5, 0.6) is 11.5 Å². The van der Waals surface area contributed by atoms with Crippen molar-refractivity contribution in [3.8, 4) is 11.5 Å². The number of phenols is 1. The Morgan fingerprint density at radius 1 is 1.05 bits per heavy atom. The summed E-state index contributed by atoms with van der Waals surface area (Å²) in [6.45, 7) is 4.92. The van der Waals surface area contributed by atoms with Crippen molar-refractivity contribution in [2.75, 3.05) is 12.3 Å². The molecule has 1 aromatic carbocycles. The van der Waals surface area contributed by atoms with Gasteiger partial charge < -0.3 is 36.0 Å². The van der Waals surface area contributed by atoms with Crippen LogP contribution in [0.2, 0.25) is 0 Å². The molecule has 12 nitrogen and oxygen atoms in total. The first kappa shape index (κ1) is 30.7. The van der Waals surface area contributed by atoms with Gasteiger partial charge in [-0.15, -0.1) is 0 Å². The lowest BCUT2D eigenvalue weighted by atomic mass is 9.87. The Hall–Kier alpha value is -3.48. The summed E-state index contributed by atoms with van der Waals surface area (Å²) < 4.78 is 6.23. The number of carbonyl (C=O) groups excluding carboxylic acids is 3. The number of fused-ring (bicyclic) bond motifs is 1. The number of rotatable bonds is 13. The predicted octanol–water partition coefficient (Wildman–Crippen LogP) is 0.838. The number of carbonyl (C=O) groups is 5. The number of carboxylic acid groups (broad SMARTS) is 2. The van der Waals surface area contributed by atoms with Gasteiger partial charge in [0, 0.05) is 18.6 Å². The zero-order chi connectivity index (χ0) is 28.6. The van der Waals surface area contributed by atoms with Gasteiger partial charge in [0.2, 0.25) is 17.7 Å². The van der Waals surface area contributed by atoms with E-state index < -0.39 is 53.9 Å². The van der Waals surface area contributed by atoms with Crippen LogP contribution in [0.1, 0.15) is 55.7 Å². The summed E-state index contributed by atoms with van der Waals surface area (Å²) >= 11 is 3.97. The molecule has 0 spiro atoms. The van der Waals surface area contributed by atoms with Gasteiger partial charge in [-0.3, -0.25) is 19.2 Å². The van der Waals surface area contributed by atoms with Gasteiger partial charge in [0.1, 0.15) is 35.7 Å². The van der Waals surface area contributed by atoms with Crippen molar-refractivity contribution in [1.29, 1.82) is 0 Å². The van der Waals surface area contributed by atoms with E-state index in [-0.39, 0.29) is 30.8 Å². The molecule has 0 bridgehead atoms. The van der Waals surface area contributed by atoms with Crippen LogP contribution in [0.25, 0.3) is 0 Å². The molecule has 210 valence electrons. The number of phenolic OH excluding ortho intramolecular Hbond substituents is 1. The summed E-state index contributed by atoms with van der Waals surface area (Å²) in [6.07, 6.45) is 1.10. The number of hydrogen-bond donors (Lipinski definition) is 7. The van der Waals surface area contributed by atoms with E-state index in [1.54, 1.807) is 13.0 Å². The fourth-order valence-corrected chi connectivity index (χ4v) is 4.32. The number of nitrogens with one attached hydrogen (secondary N) is 3. The minimum absolute atomic E-state index is 0.00337. The normalized spacial score (nSPS) is 17.8. The second-order valence-corrected chi connectivity index (χ2v) is 9.96. The minimum Gasteiger partial charge on any atom is -0.508 e. The van der Waals surface area contributed by atoms with E-state index in [1.807, 2.05) is 13.8 Å². The van der Waals surface area contributed by atoms with Gasteiger partial charge in [0.05, 0.1) is 0 Å². The number of aliphatic carboxylic acids is 2. The first-order valence-corrected chi connectivity index (χ1v) is 12.8. The highest BCUT2D eigenvalue weighted by molar-refractivity contribution is 7.80. The third kappa shape index (κ3) is 8.54. The molecule has 1 heterocycles. The first-order valence-electron chi connectivity index (χ1n) is 12.2. The minimum atomic E-state index is -1.32. The molecule has 38 heavy (non-hydrogen) atoms. The largest absolute Gasteiger partial charge is 0.508 e. The Morgan fingerprint density at radius 2 is 1.68 bits per heavy atom. The highest BCUT2D eigenvalue weighted by Gasteiger charge is 2.34. The van der Waals surface area contributed by atoms with Crippen molar-refractivity contribution in [1.82, 2.24) is 16.0 Å². The highest BCUT2D eigenvalue weighted by Crippen LogP contribution is 2.41. The Kier molecular flexibility index (Phi) is 10.8. The molecule has 0 radical (unpaired) electrons. The van der Waals surface area contributed by atoms with E-state index in [0.29, 0.717) is 25.0 Å². The number of benzene rings is 1. The fraction of sp³-hybridized carbons (Fsp3) is 0.560. The second-order valence-electron chi connectivity index (χ2n) is 9.60. The van der Waals surface area contributed by atoms with Gasteiger partial charge in [-0.25, -0.2) is 4.79 Å². The molecule has 3 atom stereocenters. The van der Waals surface area contributed by atoms with Crippen molar-refractivity contribution >= 4 is 42.3 Å². The van der Waals surface area contributed by atoms with Crippen molar-refractivity contribution in [3.63, 3.8) is 0 Å². The molecule has 0 saturated carbocycles. The fourth-order valence-electron chi connectivity index (χ4n) is 4.07. The number of hydrogen-bond acceptors (Lipinski definition) is 8. The summed E-state index contributed by atoms with van der Waals surface area (Å²) in [4.78, 5) is 59.0. The van der Waals surface area contributed by atoms with Crippen LogP contribution < -0.4 is 20.7 Å². The number of aromatic hydroxyl groups is 1. The van der Waals surface area contributed by atoms with Gasteiger partial charge in [-0.2, -0.15) is 12.6 Å². The Labute approximate surface area is 225 Å². The maximum absolute atomic E-state index is 12.6. The maximum atomic E-state index is 12.6. The molecule has 1 aliphatic rings. The van der Waals surface area contributed by atoms with Gasteiger partial charge in [0.25, 0.3) is 0 Å². The molecule has 2 rings (SSSR count). The number of amides is 3. The summed E-state index contributed by atoms with van der Waals surface area (Å²) in [5.74, 6) is -3.63. The standard InChI is InChI=1S/C25H35N3O9S/c1-13-14(2)22-15(10-18(13)29)6-8-25(3,37-22)9-7-20(31)27-16(24(35)36)4-5-19(30)28-17(12-38)23(34)26-11-21(32)33/h10,16-17,29,38H,4-9,11-12H2,1-3H3,(H,26,34)(H,27,31)(H,28,30)(H,32,33)(H,35,36). The lowest BCUT2D eigenvalue weighted by Crippen LogP contribution is -2.49. The van der Waals surface area contributed by atoms with Crippen LogP contribution in [0.15, 0.2) is 6.07 Å². The van der Waals surface area contributed by atoms with Crippen LogP contribution >= 0.6 is 12.6 Å². The van der Waals surface area contributed by atoms with Gasteiger partial charge in [-0.05, 0) is 69.2 Å². The molecule has 6 N–H and O–H groups in total. The van der Waals surface area contributed by atoms with Crippen molar-refractivity contribution in [2.45, 2.75) is 77.0 Å². The van der Waals surface area contributed by atoms with Gasteiger partial charge in [0.15, 0.2) is 0 Å². The Balaban J connectivity index is 1.88. The summed E-state index contributed by atoms with van der Waals surface area (Å²) in [5, 5.41) is 35.1. The molecule has 3 unspecified atom stereocenters. The molecule has 0 aromatic heterocycles. The zero-order valence-electron chi connectivity index (χ0n) is 21.6. The van der Waals surface area contributed by atoms with E-state index in [4.69, 9.17) is 9.84 Å². The molecule has 3 amide bonds. The summed E-state index contributed by atoms with van der Waals surface area (Å²) in [5.41, 5.74) is 1.80. The van der Waals surface area contributed by atoms with Gasteiger partial charge in [-0.1, -0.05) is 0 Å². The SMILES string of the molecule is Cc1c(O)cc2c(c1C)OC(C)(CCC(=O)NC(CCC(=O)NC(CS)C(=O)NCC(=O)O)C(=O)O)CC2. The molecule has 13 heteroatoms. The van der Waals surface area contributed by atoms with Crippen LogP contribution in [0, 0.1) is 13.8 Å². The number of thiol groups is 1. The molecule has 1 aliphatic heterocycles. The average molecular weight is 554 g/mol. The smallest absolute Gasteiger partial charge is 0.326 e. The second kappa shape index (κ2) is 13.4. The van der Waals surface area contributed by atoms with E-state index in [9.17, 15) is 34.2 Å². The maximum Gasteiger partial charge on any atom is 0.326 e. The van der Waals surface area contributed by atoms with E-state index in [0.717, 1.165) is 16.7 Å². The summed E-state index contributed by atoms with van der Waals surface area (Å²) in [7, 11) is 0. The molecule has 0 fully saturated rings. The zero-order valence-corrected chi connectivity index (χ0v) is 22.5. The topological polar surface area (TPSA) is 191 Å². The first-order chi connectivity index (χ1) is 17.8. The van der Waals surface area contributed by atoms with Crippen LogP contribution in [0.4, 0.5) is 0 Å². The number of ether oxygens (including phenoxy) is 1. The Bertz CT molecular complexity index is 1090. The van der Waals surface area contributed by atoms with Gasteiger partial charge >= 0.3 is 11.9 Å².